The lowest BCUT2D eigenvalue weighted by Crippen LogP contribution is -2.33. The molecule has 0 spiro atoms. The Labute approximate surface area is 99.0 Å². The lowest BCUT2D eigenvalue weighted by atomic mass is 10.2. The van der Waals surface area contributed by atoms with Gasteiger partial charge in [0.2, 0.25) is 5.91 Å². The van der Waals surface area contributed by atoms with Gasteiger partial charge >= 0.3 is 0 Å². The number of aliphatic hydroxyl groups is 1. The molecule has 0 atom stereocenters. The molecule has 0 aromatic carbocycles. The van der Waals surface area contributed by atoms with Crippen molar-refractivity contribution in [3.05, 3.63) is 0 Å². The SMILES string of the molecule is CCN(CCCO)C(=O)CCCNC(C)C. The van der Waals surface area contributed by atoms with Crippen molar-refractivity contribution in [1.82, 2.24) is 10.2 Å². The van der Waals surface area contributed by atoms with Crippen LogP contribution in [-0.4, -0.2) is 48.2 Å². The minimum absolute atomic E-state index is 0.151. The van der Waals surface area contributed by atoms with Crippen molar-refractivity contribution in [1.29, 1.82) is 0 Å². The Bertz CT molecular complexity index is 184. The molecular formula is C12H26N2O2. The van der Waals surface area contributed by atoms with Gasteiger partial charge < -0.3 is 15.3 Å². The van der Waals surface area contributed by atoms with E-state index in [2.05, 4.69) is 19.2 Å². The molecule has 0 aliphatic rings. The largest absolute Gasteiger partial charge is 0.396 e. The fourth-order valence-corrected chi connectivity index (χ4v) is 1.51. The Morgan fingerprint density at radius 1 is 1.38 bits per heavy atom. The number of aliphatic hydroxyl groups excluding tert-OH is 1. The molecule has 4 heteroatoms. The highest BCUT2D eigenvalue weighted by Crippen LogP contribution is 1.99. The van der Waals surface area contributed by atoms with E-state index in [-0.39, 0.29) is 12.5 Å². The Morgan fingerprint density at radius 3 is 2.56 bits per heavy atom. The Balaban J connectivity index is 3.66. The summed E-state index contributed by atoms with van der Waals surface area (Å²) in [6.45, 7) is 8.62. The van der Waals surface area contributed by atoms with Gasteiger partial charge in [0.15, 0.2) is 0 Å². The number of hydrogen-bond acceptors (Lipinski definition) is 3. The Hall–Kier alpha value is -0.610. The number of carbonyl (C=O) groups excluding carboxylic acids is 1. The highest BCUT2D eigenvalue weighted by atomic mass is 16.3. The minimum atomic E-state index is 0.151. The fourth-order valence-electron chi connectivity index (χ4n) is 1.51. The quantitative estimate of drug-likeness (QED) is 0.581. The highest BCUT2D eigenvalue weighted by Gasteiger charge is 2.10. The molecule has 1 amide bonds. The number of nitrogens with zero attached hydrogens (tertiary/aromatic N) is 1. The molecule has 0 rings (SSSR count). The molecule has 0 saturated carbocycles. The van der Waals surface area contributed by atoms with Gasteiger partial charge in [-0.05, 0) is 26.3 Å². The second-order valence-electron chi connectivity index (χ2n) is 4.26. The van der Waals surface area contributed by atoms with Crippen LogP contribution in [0.15, 0.2) is 0 Å². The summed E-state index contributed by atoms with van der Waals surface area (Å²) < 4.78 is 0. The maximum absolute atomic E-state index is 11.7. The molecule has 0 aromatic rings. The Morgan fingerprint density at radius 2 is 2.06 bits per heavy atom. The molecule has 0 unspecified atom stereocenters. The maximum Gasteiger partial charge on any atom is 0.222 e. The summed E-state index contributed by atoms with van der Waals surface area (Å²) >= 11 is 0. The standard InChI is InChI=1S/C12H26N2O2/c1-4-14(9-6-10-15)12(16)7-5-8-13-11(2)3/h11,13,15H,4-10H2,1-3H3. The lowest BCUT2D eigenvalue weighted by Gasteiger charge is -2.20. The normalized spacial score (nSPS) is 10.8. The number of amides is 1. The van der Waals surface area contributed by atoms with Crippen LogP contribution >= 0.6 is 0 Å². The summed E-state index contributed by atoms with van der Waals surface area (Å²) in [6.07, 6.45) is 2.15. The van der Waals surface area contributed by atoms with Crippen LogP contribution in [0.4, 0.5) is 0 Å². The predicted molar refractivity (Wildman–Crippen MR) is 66.3 cm³/mol. The van der Waals surface area contributed by atoms with Crippen LogP contribution in [0.1, 0.15) is 40.0 Å². The van der Waals surface area contributed by atoms with Gasteiger partial charge in [-0.15, -0.1) is 0 Å². The zero-order chi connectivity index (χ0) is 12.4. The van der Waals surface area contributed by atoms with Crippen molar-refractivity contribution in [2.75, 3.05) is 26.2 Å². The van der Waals surface area contributed by atoms with Crippen LogP contribution in [0, 0.1) is 0 Å². The summed E-state index contributed by atoms with van der Waals surface area (Å²) in [5, 5.41) is 12.0. The molecule has 0 radical (unpaired) electrons. The van der Waals surface area contributed by atoms with E-state index in [1.165, 1.54) is 0 Å². The number of hydrogen-bond donors (Lipinski definition) is 2. The van der Waals surface area contributed by atoms with Gasteiger partial charge in [0.05, 0.1) is 0 Å². The van der Waals surface area contributed by atoms with Crippen LogP contribution in [0.2, 0.25) is 0 Å². The monoisotopic (exact) mass is 230 g/mol. The van der Waals surface area contributed by atoms with Crippen molar-refractivity contribution in [2.45, 2.75) is 46.1 Å². The second kappa shape index (κ2) is 9.60. The molecule has 0 fully saturated rings. The van der Waals surface area contributed by atoms with E-state index in [4.69, 9.17) is 5.11 Å². The fraction of sp³-hybridized carbons (Fsp3) is 0.917. The molecule has 16 heavy (non-hydrogen) atoms. The van der Waals surface area contributed by atoms with Crippen LogP contribution in [0.5, 0.6) is 0 Å². The van der Waals surface area contributed by atoms with Crippen LogP contribution in [-0.2, 0) is 4.79 Å². The zero-order valence-corrected chi connectivity index (χ0v) is 10.8. The van der Waals surface area contributed by atoms with E-state index in [1.807, 2.05) is 11.8 Å². The van der Waals surface area contributed by atoms with Crippen LogP contribution < -0.4 is 5.32 Å². The molecule has 4 nitrogen and oxygen atoms in total. The molecule has 2 N–H and O–H groups in total. The van der Waals surface area contributed by atoms with Gasteiger partial charge in [-0.2, -0.15) is 0 Å². The van der Waals surface area contributed by atoms with E-state index < -0.39 is 0 Å². The Kier molecular flexibility index (Phi) is 9.24. The van der Waals surface area contributed by atoms with Crippen LogP contribution in [0.3, 0.4) is 0 Å². The molecule has 0 aliphatic heterocycles. The van der Waals surface area contributed by atoms with Gasteiger partial charge in [0, 0.05) is 32.2 Å². The van der Waals surface area contributed by atoms with Gasteiger partial charge in [0.25, 0.3) is 0 Å². The molecule has 0 saturated heterocycles. The van der Waals surface area contributed by atoms with Crippen molar-refractivity contribution < 1.29 is 9.90 Å². The first-order valence-electron chi connectivity index (χ1n) is 6.23. The average Bonchev–Trinajstić information content (AvgIpc) is 2.25. The smallest absolute Gasteiger partial charge is 0.222 e. The van der Waals surface area contributed by atoms with Crippen LogP contribution in [0.25, 0.3) is 0 Å². The van der Waals surface area contributed by atoms with Gasteiger partial charge in [-0.25, -0.2) is 0 Å². The highest BCUT2D eigenvalue weighted by molar-refractivity contribution is 5.76. The van der Waals surface area contributed by atoms with Crippen molar-refractivity contribution in [2.24, 2.45) is 0 Å². The summed E-state index contributed by atoms with van der Waals surface area (Å²) in [6, 6.07) is 0.478. The summed E-state index contributed by atoms with van der Waals surface area (Å²) in [7, 11) is 0. The minimum Gasteiger partial charge on any atom is -0.396 e. The van der Waals surface area contributed by atoms with Gasteiger partial charge in [0.1, 0.15) is 0 Å². The van der Waals surface area contributed by atoms with E-state index in [9.17, 15) is 4.79 Å². The van der Waals surface area contributed by atoms with Gasteiger partial charge in [-0.1, -0.05) is 13.8 Å². The molecule has 0 aromatic heterocycles. The number of rotatable bonds is 9. The maximum atomic E-state index is 11.7. The van der Waals surface area contributed by atoms with E-state index in [0.717, 1.165) is 19.5 Å². The first kappa shape index (κ1) is 15.4. The third kappa shape index (κ3) is 7.65. The van der Waals surface area contributed by atoms with E-state index in [1.54, 1.807) is 0 Å². The first-order valence-corrected chi connectivity index (χ1v) is 6.23. The first-order chi connectivity index (χ1) is 7.61. The molecule has 0 bridgehead atoms. The lowest BCUT2D eigenvalue weighted by molar-refractivity contribution is -0.131. The molecule has 0 heterocycles. The van der Waals surface area contributed by atoms with Gasteiger partial charge in [-0.3, -0.25) is 4.79 Å². The second-order valence-corrected chi connectivity index (χ2v) is 4.26. The average molecular weight is 230 g/mol. The van der Waals surface area contributed by atoms with E-state index >= 15 is 0 Å². The summed E-state index contributed by atoms with van der Waals surface area (Å²) in [5.74, 6) is 0.196. The van der Waals surface area contributed by atoms with E-state index in [0.29, 0.717) is 25.4 Å². The zero-order valence-electron chi connectivity index (χ0n) is 10.8. The number of carbonyl (C=O) groups is 1. The summed E-state index contributed by atoms with van der Waals surface area (Å²) in [4.78, 5) is 13.6. The van der Waals surface area contributed by atoms with Crippen molar-refractivity contribution >= 4 is 5.91 Å². The van der Waals surface area contributed by atoms with Crippen molar-refractivity contribution in [3.63, 3.8) is 0 Å². The third-order valence-corrected chi connectivity index (χ3v) is 2.44. The molecule has 0 aliphatic carbocycles. The predicted octanol–water partition coefficient (Wildman–Crippen LogP) is 0.995. The number of nitrogens with one attached hydrogen (secondary N) is 1. The molecular weight excluding hydrogens is 204 g/mol. The third-order valence-electron chi connectivity index (χ3n) is 2.44. The van der Waals surface area contributed by atoms with Crippen molar-refractivity contribution in [3.8, 4) is 0 Å². The molecule has 96 valence electrons. The topological polar surface area (TPSA) is 52.6 Å². The summed E-state index contributed by atoms with van der Waals surface area (Å²) in [5.41, 5.74) is 0.